The van der Waals surface area contributed by atoms with Gasteiger partial charge in [-0.3, -0.25) is 0 Å². The fourth-order valence-electron chi connectivity index (χ4n) is 0. The number of rotatable bonds is 0. The quantitative estimate of drug-likeness (QED) is 0.352. The average molecular weight is 181 g/mol. The Bertz CT molecular complexity index is 54.7. The summed E-state index contributed by atoms with van der Waals surface area (Å²) in [5.41, 5.74) is 0. The van der Waals surface area contributed by atoms with Gasteiger partial charge in [0.15, 0.2) is 0 Å². The molecular weight excluding hydrogens is 181 g/mol. The fourth-order valence-corrected chi connectivity index (χ4v) is 0. The first-order valence-corrected chi connectivity index (χ1v) is 2.54. The van der Waals surface area contributed by atoms with Crippen molar-refractivity contribution in [3.05, 3.63) is 0 Å². The summed E-state index contributed by atoms with van der Waals surface area (Å²) >= 11 is -2.88. The van der Waals surface area contributed by atoms with Crippen LogP contribution in [-0.4, -0.2) is 0 Å². The molecule has 0 heterocycles. The Morgan fingerprint density at radius 1 is 1.14 bits per heavy atom. The van der Waals surface area contributed by atoms with Crippen LogP contribution in [0.4, 0.5) is 0 Å². The van der Waals surface area contributed by atoms with Crippen molar-refractivity contribution in [2.75, 3.05) is 0 Å². The second-order valence-electron chi connectivity index (χ2n) is 0.126. The maximum absolute atomic E-state index is 8.41. The molecule has 0 aromatic rings. The molecule has 0 bridgehead atoms. The molecule has 0 atom stereocenters. The molecule has 0 aliphatic heterocycles. The van der Waals surface area contributed by atoms with Gasteiger partial charge in [-0.2, -0.15) is 0 Å². The van der Waals surface area contributed by atoms with E-state index in [0.29, 0.717) is 0 Å². The first kappa shape index (κ1) is 15.7. The summed E-state index contributed by atoms with van der Waals surface area (Å²) in [7, 11) is 0. The van der Waals surface area contributed by atoms with Crippen LogP contribution in [0.15, 0.2) is 0 Å². The van der Waals surface area contributed by atoms with Crippen LogP contribution in [0, 0.1) is 0 Å². The molecule has 7 heavy (non-hydrogen) atoms. The summed E-state index contributed by atoms with van der Waals surface area (Å²) in [6.07, 6.45) is 0. The Morgan fingerprint density at radius 3 is 1.14 bits per heavy atom. The van der Waals surface area contributed by atoms with Gasteiger partial charge in [0.1, 0.15) is 0 Å². The molecule has 0 rings (SSSR count). The summed E-state index contributed by atoms with van der Waals surface area (Å²) in [4.78, 5) is 0. The van der Waals surface area contributed by atoms with Gasteiger partial charge in [-0.1, -0.05) is 0 Å². The van der Waals surface area contributed by atoms with Crippen molar-refractivity contribution in [1.29, 1.82) is 0 Å². The van der Waals surface area contributed by atoms with Crippen LogP contribution in [0.1, 0.15) is 0 Å². The van der Waals surface area contributed by atoms with Gasteiger partial charge in [0.2, 0.25) is 0 Å². The zero-order valence-corrected chi connectivity index (χ0v) is 5.75. The van der Waals surface area contributed by atoms with E-state index in [1.807, 2.05) is 0 Å². The third-order valence-corrected chi connectivity index (χ3v) is 0. The van der Waals surface area contributed by atoms with Gasteiger partial charge >= 0.3 is 64.6 Å². The average Bonchev–Trinajstić information content (AvgIpc) is 1.39. The Labute approximate surface area is 64.5 Å². The maximum atomic E-state index is 8.41. The summed E-state index contributed by atoms with van der Waals surface area (Å²) in [6, 6.07) is 0. The third-order valence-electron chi connectivity index (χ3n) is 0. The second-order valence-corrected chi connectivity index (χ2v) is 0.519. The number of hydrogen-bond donors (Lipinski definition) is 0. The van der Waals surface area contributed by atoms with Gasteiger partial charge < -0.3 is 0 Å². The molecule has 0 fully saturated rings. The van der Waals surface area contributed by atoms with E-state index in [4.69, 9.17) is 15.7 Å². The Hall–Kier alpha value is 0.996. The predicted molar refractivity (Wildman–Crippen MR) is 2.06 cm³/mol. The van der Waals surface area contributed by atoms with E-state index in [9.17, 15) is 0 Å². The van der Waals surface area contributed by atoms with E-state index in [-0.39, 0.29) is 18.9 Å². The predicted octanol–water partition coefficient (Wildman–Crippen LogP) is -4.55. The summed E-state index contributed by atoms with van der Waals surface area (Å²) in [6.45, 7) is 0. The molecule has 0 aromatic heterocycles. The van der Waals surface area contributed by atoms with E-state index in [2.05, 4.69) is 0 Å². The van der Waals surface area contributed by atoms with Crippen molar-refractivity contribution in [3.8, 4) is 0 Å². The second kappa shape index (κ2) is 28.0. The molecule has 0 spiro atoms. The minimum atomic E-state index is -1.44. The van der Waals surface area contributed by atoms with Crippen molar-refractivity contribution in [2.24, 2.45) is 0 Å². The van der Waals surface area contributed by atoms with Gasteiger partial charge in [0.05, 0.1) is 0 Å². The van der Waals surface area contributed by atoms with Crippen LogP contribution in [-0.2, 0) is 41.5 Å². The monoisotopic (exact) mass is 181 g/mol. The van der Waals surface area contributed by atoms with Crippen molar-refractivity contribution in [1.82, 2.24) is 0 Å². The molecule has 0 amide bonds. The molecule has 0 N–H and O–H groups in total. The standard InChI is InChI=1S/Li.2Mn.4O/q+1;;;;;;-1. The van der Waals surface area contributed by atoms with E-state index in [1.54, 1.807) is 0 Å². The minimum absolute atomic E-state index is 0. The van der Waals surface area contributed by atoms with Crippen molar-refractivity contribution in [3.63, 3.8) is 0 Å². The van der Waals surface area contributed by atoms with Crippen molar-refractivity contribution in [2.45, 2.75) is 0 Å². The van der Waals surface area contributed by atoms with E-state index in [0.717, 1.165) is 0 Å². The van der Waals surface area contributed by atoms with Crippen LogP contribution in [0.5, 0.6) is 0 Å². The van der Waals surface area contributed by atoms with Gasteiger partial charge in [0.25, 0.3) is 0 Å². The van der Waals surface area contributed by atoms with Crippen molar-refractivity contribution < 1.29 is 64.6 Å². The Balaban J connectivity index is -0.0000000400. The van der Waals surface area contributed by atoms with Crippen LogP contribution >= 0.6 is 0 Å². The third kappa shape index (κ3) is 176. The van der Waals surface area contributed by atoms with Gasteiger partial charge in [-0.05, 0) is 0 Å². The van der Waals surface area contributed by atoms with Crippen molar-refractivity contribution >= 4 is 0 Å². The zero-order valence-electron chi connectivity index (χ0n) is 3.39. The van der Waals surface area contributed by atoms with E-state index in [1.165, 1.54) is 0 Å². The first-order valence-electron chi connectivity index (χ1n) is 0.617. The first-order chi connectivity index (χ1) is 2.83. The molecular formula is LiMn2O4. The SMILES string of the molecule is [Li+].[O]=[Mn]=[O].[O]=[Mn][O-]. The molecule has 7 heteroatoms. The van der Waals surface area contributed by atoms with Gasteiger partial charge in [0, 0.05) is 0 Å². The molecule has 4 nitrogen and oxygen atoms in total. The topological polar surface area (TPSA) is 74.3 Å². The fraction of sp³-hybridized carbons (Fsp3) is 0. The molecule has 0 radical (unpaired) electrons. The zero-order chi connectivity index (χ0) is 5.41. The van der Waals surface area contributed by atoms with Crippen LogP contribution in [0.25, 0.3) is 0 Å². The Kier molecular flexibility index (Phi) is 62.8. The molecule has 0 aromatic carbocycles. The molecule has 0 aliphatic rings. The Morgan fingerprint density at radius 2 is 1.14 bits per heavy atom. The molecule has 0 aliphatic carbocycles. The molecule has 0 saturated carbocycles. The molecule has 0 unspecified atom stereocenters. The van der Waals surface area contributed by atoms with Gasteiger partial charge in [-0.25, -0.2) is 0 Å². The van der Waals surface area contributed by atoms with E-state index >= 15 is 0 Å². The van der Waals surface area contributed by atoms with Crippen LogP contribution < -0.4 is 23.0 Å². The normalized spacial score (nSPS) is 4.14. The summed E-state index contributed by atoms with van der Waals surface area (Å²) < 4.78 is 33.6. The molecule has 0 saturated heterocycles. The summed E-state index contributed by atoms with van der Waals surface area (Å²) in [5.74, 6) is 0. The van der Waals surface area contributed by atoms with Gasteiger partial charge in [-0.15, -0.1) is 0 Å². The number of hydrogen-bond acceptors (Lipinski definition) is 4. The van der Waals surface area contributed by atoms with E-state index < -0.39 is 30.0 Å². The summed E-state index contributed by atoms with van der Waals surface area (Å²) in [5, 5.41) is 0. The van der Waals surface area contributed by atoms with Crippen LogP contribution in [0.3, 0.4) is 0 Å². The molecule has 39 valence electrons. The van der Waals surface area contributed by atoms with Crippen LogP contribution in [0.2, 0.25) is 0 Å².